The number of nitrogens with zero attached hydrogens (tertiary/aromatic N) is 1. The monoisotopic (exact) mass is 297 g/mol. The number of hydrazine groups is 1. The van der Waals surface area contributed by atoms with Crippen LogP contribution >= 0.6 is 0 Å². The number of amides is 1. The van der Waals surface area contributed by atoms with Crippen molar-refractivity contribution in [3.05, 3.63) is 81.9 Å². The van der Waals surface area contributed by atoms with Gasteiger partial charge in [-0.2, -0.15) is 0 Å². The van der Waals surface area contributed by atoms with E-state index < -0.39 is 4.92 Å². The second-order valence-electron chi connectivity index (χ2n) is 4.73. The minimum Gasteiger partial charge on any atom is -0.298 e. The van der Waals surface area contributed by atoms with Crippen LogP contribution in [-0.2, 0) is 0 Å². The largest absolute Gasteiger partial charge is 0.298 e. The third kappa shape index (κ3) is 3.69. The molecule has 0 saturated carbocycles. The van der Waals surface area contributed by atoms with Gasteiger partial charge in [0.1, 0.15) is 0 Å². The molecule has 2 N–H and O–H groups in total. The maximum absolute atomic E-state index is 11.9. The molecule has 0 aromatic heterocycles. The Hall–Kier alpha value is -3.15. The Morgan fingerprint density at radius 2 is 1.77 bits per heavy atom. The minimum absolute atomic E-state index is 0.0367. The van der Waals surface area contributed by atoms with E-state index in [1.54, 1.807) is 24.3 Å². The van der Waals surface area contributed by atoms with Crippen LogP contribution in [0.4, 0.5) is 5.69 Å². The Kier molecular flexibility index (Phi) is 4.53. The summed E-state index contributed by atoms with van der Waals surface area (Å²) >= 11 is 0. The summed E-state index contributed by atoms with van der Waals surface area (Å²) in [7, 11) is 0. The van der Waals surface area contributed by atoms with E-state index in [-0.39, 0.29) is 11.6 Å². The van der Waals surface area contributed by atoms with Crippen LogP contribution in [0.2, 0.25) is 0 Å². The van der Waals surface area contributed by atoms with Crippen molar-refractivity contribution in [3.8, 4) is 0 Å². The highest BCUT2D eigenvalue weighted by Crippen LogP contribution is 2.17. The molecule has 0 spiro atoms. The summed E-state index contributed by atoms with van der Waals surface area (Å²) in [5.41, 5.74) is 7.59. The van der Waals surface area contributed by atoms with E-state index in [1.807, 2.05) is 19.1 Å². The maximum atomic E-state index is 11.9. The zero-order chi connectivity index (χ0) is 16.1. The Labute approximate surface area is 127 Å². The van der Waals surface area contributed by atoms with Crippen molar-refractivity contribution >= 4 is 17.3 Å². The van der Waals surface area contributed by atoms with Crippen molar-refractivity contribution in [2.75, 3.05) is 0 Å². The first-order chi connectivity index (χ1) is 10.5. The number of non-ortho nitro benzene ring substituents is 1. The molecule has 6 heteroatoms. The molecule has 0 aliphatic heterocycles. The van der Waals surface area contributed by atoms with Crippen LogP contribution in [0.1, 0.15) is 21.5 Å². The van der Waals surface area contributed by atoms with Crippen molar-refractivity contribution in [1.29, 1.82) is 0 Å². The summed E-state index contributed by atoms with van der Waals surface area (Å²) in [6.07, 6.45) is 0. The smallest absolute Gasteiger partial charge is 0.270 e. The van der Waals surface area contributed by atoms with Crippen LogP contribution in [-0.4, -0.2) is 10.8 Å². The third-order valence-corrected chi connectivity index (χ3v) is 3.05. The lowest BCUT2D eigenvalue weighted by Gasteiger charge is -2.11. The Morgan fingerprint density at radius 3 is 2.41 bits per heavy atom. The van der Waals surface area contributed by atoms with Crippen molar-refractivity contribution < 1.29 is 9.72 Å². The van der Waals surface area contributed by atoms with Gasteiger partial charge in [0.05, 0.1) is 10.6 Å². The van der Waals surface area contributed by atoms with Crippen LogP contribution in [0, 0.1) is 17.0 Å². The minimum atomic E-state index is -0.484. The highest BCUT2D eigenvalue weighted by Gasteiger charge is 2.09. The number of nitrogens with one attached hydrogen (secondary N) is 2. The number of hydrogen-bond acceptors (Lipinski definition) is 4. The maximum Gasteiger partial charge on any atom is 0.270 e. The molecule has 0 radical (unpaired) electrons. The van der Waals surface area contributed by atoms with Crippen LogP contribution in [0.25, 0.3) is 5.70 Å². The van der Waals surface area contributed by atoms with Gasteiger partial charge in [-0.05, 0) is 19.1 Å². The molecule has 112 valence electrons. The molecule has 1 amide bonds. The number of hydrogen-bond donors (Lipinski definition) is 2. The van der Waals surface area contributed by atoms with Crippen LogP contribution in [0.3, 0.4) is 0 Å². The SMILES string of the molecule is C=C(NNC(=O)c1ccc(C)cc1)c1cccc([N+](=O)[O-])c1. The van der Waals surface area contributed by atoms with Gasteiger partial charge in [-0.15, -0.1) is 0 Å². The average molecular weight is 297 g/mol. The van der Waals surface area contributed by atoms with Crippen LogP contribution < -0.4 is 10.9 Å². The van der Waals surface area contributed by atoms with Gasteiger partial charge in [0.15, 0.2) is 0 Å². The molecule has 2 aromatic carbocycles. The summed E-state index contributed by atoms with van der Waals surface area (Å²) in [6.45, 7) is 5.69. The molecule has 22 heavy (non-hydrogen) atoms. The van der Waals surface area contributed by atoms with Gasteiger partial charge in [-0.1, -0.05) is 36.4 Å². The molecule has 0 aliphatic rings. The van der Waals surface area contributed by atoms with Crippen molar-refractivity contribution in [2.45, 2.75) is 6.92 Å². The van der Waals surface area contributed by atoms with Crippen molar-refractivity contribution in [3.63, 3.8) is 0 Å². The zero-order valence-electron chi connectivity index (χ0n) is 12.0. The van der Waals surface area contributed by atoms with Gasteiger partial charge in [-0.3, -0.25) is 25.8 Å². The summed E-state index contributed by atoms with van der Waals surface area (Å²) in [6, 6.07) is 13.1. The number of nitro benzene ring substituents is 1. The number of rotatable bonds is 5. The van der Waals surface area contributed by atoms with Crippen molar-refractivity contribution in [1.82, 2.24) is 10.9 Å². The molecule has 0 fully saturated rings. The van der Waals surface area contributed by atoms with Gasteiger partial charge in [-0.25, -0.2) is 0 Å². The summed E-state index contributed by atoms with van der Waals surface area (Å²) in [5, 5.41) is 10.7. The van der Waals surface area contributed by atoms with E-state index in [4.69, 9.17) is 0 Å². The number of aryl methyl sites for hydroxylation is 1. The molecule has 0 aliphatic carbocycles. The Balaban J connectivity index is 2.00. The highest BCUT2D eigenvalue weighted by atomic mass is 16.6. The summed E-state index contributed by atoms with van der Waals surface area (Å²) in [5.74, 6) is -0.313. The van der Waals surface area contributed by atoms with Crippen LogP contribution in [0.15, 0.2) is 55.1 Å². The second-order valence-corrected chi connectivity index (χ2v) is 4.73. The van der Waals surface area contributed by atoms with E-state index >= 15 is 0 Å². The average Bonchev–Trinajstić information content (AvgIpc) is 2.53. The molecule has 0 atom stereocenters. The zero-order valence-corrected chi connectivity index (χ0v) is 12.0. The normalized spacial score (nSPS) is 9.86. The highest BCUT2D eigenvalue weighted by molar-refractivity contribution is 5.94. The first-order valence-corrected chi connectivity index (χ1v) is 6.54. The molecule has 0 saturated heterocycles. The van der Waals surface area contributed by atoms with Gasteiger partial charge >= 0.3 is 0 Å². The van der Waals surface area contributed by atoms with E-state index in [2.05, 4.69) is 17.4 Å². The van der Waals surface area contributed by atoms with Gasteiger partial charge in [0.25, 0.3) is 11.6 Å². The molecule has 2 aromatic rings. The fourth-order valence-electron chi connectivity index (χ4n) is 1.79. The fraction of sp³-hybridized carbons (Fsp3) is 0.0625. The van der Waals surface area contributed by atoms with E-state index in [9.17, 15) is 14.9 Å². The lowest BCUT2D eigenvalue weighted by atomic mass is 10.1. The quantitative estimate of drug-likeness (QED) is 0.656. The van der Waals surface area contributed by atoms with Gasteiger partial charge < -0.3 is 0 Å². The molecule has 0 heterocycles. The van der Waals surface area contributed by atoms with Crippen LogP contribution in [0.5, 0.6) is 0 Å². The second kappa shape index (κ2) is 6.53. The van der Waals surface area contributed by atoms with Gasteiger partial charge in [0, 0.05) is 23.3 Å². The van der Waals surface area contributed by atoms with E-state index in [1.165, 1.54) is 12.1 Å². The van der Waals surface area contributed by atoms with Gasteiger partial charge in [0.2, 0.25) is 0 Å². The number of benzene rings is 2. The Morgan fingerprint density at radius 1 is 1.09 bits per heavy atom. The van der Waals surface area contributed by atoms with E-state index in [0.29, 0.717) is 16.8 Å². The predicted octanol–water partition coefficient (Wildman–Crippen LogP) is 2.81. The summed E-state index contributed by atoms with van der Waals surface area (Å²) in [4.78, 5) is 22.2. The molecule has 6 nitrogen and oxygen atoms in total. The predicted molar refractivity (Wildman–Crippen MR) is 83.9 cm³/mol. The lowest BCUT2D eigenvalue weighted by Crippen LogP contribution is -2.35. The number of carbonyl (C=O) groups is 1. The molecular weight excluding hydrogens is 282 g/mol. The molecule has 0 unspecified atom stereocenters. The molecular formula is C16H15N3O3. The number of carbonyl (C=O) groups excluding carboxylic acids is 1. The third-order valence-electron chi connectivity index (χ3n) is 3.05. The van der Waals surface area contributed by atoms with E-state index in [0.717, 1.165) is 5.56 Å². The lowest BCUT2D eigenvalue weighted by molar-refractivity contribution is -0.384. The fourth-order valence-corrected chi connectivity index (χ4v) is 1.79. The number of nitro groups is 1. The molecule has 2 rings (SSSR count). The Bertz CT molecular complexity index is 724. The summed E-state index contributed by atoms with van der Waals surface area (Å²) < 4.78 is 0. The first-order valence-electron chi connectivity index (χ1n) is 6.54. The first kappa shape index (κ1) is 15.2. The molecule has 0 bridgehead atoms. The van der Waals surface area contributed by atoms with Crippen molar-refractivity contribution in [2.24, 2.45) is 0 Å². The topological polar surface area (TPSA) is 84.3 Å². The standard InChI is InChI=1S/C16H15N3O3/c1-11-6-8-13(9-7-11)16(20)18-17-12(2)14-4-3-5-15(10-14)19(21)22/h3-10,17H,2H2,1H3,(H,18,20).